The molecule has 0 nitrogen and oxygen atoms in total. The van der Waals surface area contributed by atoms with Gasteiger partial charge < -0.3 is 0 Å². The molecule has 0 bridgehead atoms. The molecule has 0 aromatic heterocycles. The highest BCUT2D eigenvalue weighted by molar-refractivity contribution is 14.1. The Hall–Kier alpha value is -0.490. The van der Waals surface area contributed by atoms with Crippen LogP contribution >= 0.6 is 38.5 Å². The van der Waals surface area contributed by atoms with E-state index in [0.717, 1.165) is 14.7 Å². The third-order valence-electron chi connectivity index (χ3n) is 2.61. The topological polar surface area (TPSA) is 0 Å². The fraction of sp³-hybridized carbons (Fsp3) is 0.143. The molecule has 0 aliphatic heterocycles. The summed E-state index contributed by atoms with van der Waals surface area (Å²) in [4.78, 5) is 0.0945. The molecule has 0 fully saturated rings. The van der Waals surface area contributed by atoms with Crippen LogP contribution in [0, 0.1) is 15.2 Å². The number of hydrogen-bond donors (Lipinski definition) is 0. The summed E-state index contributed by atoms with van der Waals surface area (Å²) in [5.74, 6) is -1.60. The molecule has 18 heavy (non-hydrogen) atoms. The number of rotatable bonds is 3. The zero-order valence-corrected chi connectivity index (χ0v) is 13.1. The summed E-state index contributed by atoms with van der Waals surface area (Å²) in [5, 5.41) is 0. The molecule has 0 spiro atoms. The van der Waals surface area contributed by atoms with Gasteiger partial charge in [-0.2, -0.15) is 0 Å². The van der Waals surface area contributed by atoms with Crippen LogP contribution in [0.5, 0.6) is 0 Å². The van der Waals surface area contributed by atoms with Gasteiger partial charge in [-0.15, -0.1) is 0 Å². The van der Waals surface area contributed by atoms with Gasteiger partial charge in [0.2, 0.25) is 0 Å². The SMILES string of the molecule is Fc1ccc(CC(Br)c2cccc(I)c2)cc1F. The van der Waals surface area contributed by atoms with Crippen LogP contribution in [0.25, 0.3) is 0 Å². The minimum atomic E-state index is -0.806. The highest BCUT2D eigenvalue weighted by Crippen LogP contribution is 2.28. The smallest absolute Gasteiger partial charge is 0.159 e. The van der Waals surface area contributed by atoms with Crippen molar-refractivity contribution in [2.75, 3.05) is 0 Å². The van der Waals surface area contributed by atoms with Crippen LogP contribution in [-0.4, -0.2) is 0 Å². The molecule has 0 saturated heterocycles. The van der Waals surface area contributed by atoms with Gasteiger partial charge in [0, 0.05) is 8.40 Å². The maximum Gasteiger partial charge on any atom is 0.159 e. The van der Waals surface area contributed by atoms with E-state index in [9.17, 15) is 8.78 Å². The Bertz CT molecular complexity index is 557. The molecule has 0 heterocycles. The summed E-state index contributed by atoms with van der Waals surface area (Å²) in [5.41, 5.74) is 1.90. The van der Waals surface area contributed by atoms with Crippen molar-refractivity contribution in [1.82, 2.24) is 0 Å². The second-order valence-corrected chi connectivity index (χ2v) is 6.33. The number of hydrogen-bond acceptors (Lipinski definition) is 0. The molecule has 0 aliphatic carbocycles. The zero-order valence-electron chi connectivity index (χ0n) is 9.34. The Morgan fingerprint density at radius 1 is 1.06 bits per heavy atom. The summed E-state index contributed by atoms with van der Waals surface area (Å²) in [7, 11) is 0. The molecule has 1 unspecified atom stereocenters. The number of halogens is 4. The average Bonchev–Trinajstić information content (AvgIpc) is 2.34. The quantitative estimate of drug-likeness (QED) is 0.468. The molecule has 0 saturated carbocycles. The molecular weight excluding hydrogens is 413 g/mol. The van der Waals surface area contributed by atoms with Crippen molar-refractivity contribution in [3.8, 4) is 0 Å². The van der Waals surface area contributed by atoms with E-state index in [1.54, 1.807) is 6.07 Å². The minimum absolute atomic E-state index is 0.0945. The minimum Gasteiger partial charge on any atom is -0.204 e. The molecule has 0 aliphatic rings. The fourth-order valence-corrected chi connectivity index (χ4v) is 2.92. The van der Waals surface area contributed by atoms with Crippen LogP contribution in [0.15, 0.2) is 42.5 Å². The Balaban J connectivity index is 2.16. The van der Waals surface area contributed by atoms with E-state index in [0.29, 0.717) is 6.42 Å². The first-order chi connectivity index (χ1) is 8.56. The highest BCUT2D eigenvalue weighted by Gasteiger charge is 2.10. The summed E-state index contributed by atoms with van der Waals surface area (Å²) in [6.07, 6.45) is 0.622. The molecular formula is C14H10BrF2I. The van der Waals surface area contributed by atoms with Crippen molar-refractivity contribution in [3.63, 3.8) is 0 Å². The lowest BCUT2D eigenvalue weighted by Crippen LogP contribution is -1.97. The lowest BCUT2D eigenvalue weighted by molar-refractivity contribution is 0.507. The first-order valence-electron chi connectivity index (χ1n) is 5.40. The van der Waals surface area contributed by atoms with Crippen LogP contribution in [0.3, 0.4) is 0 Å². The molecule has 94 valence electrons. The van der Waals surface area contributed by atoms with Gasteiger partial charge in [0.25, 0.3) is 0 Å². The molecule has 2 aromatic rings. The van der Waals surface area contributed by atoms with Gasteiger partial charge in [0.05, 0.1) is 0 Å². The maximum absolute atomic E-state index is 13.1. The van der Waals surface area contributed by atoms with E-state index in [-0.39, 0.29) is 4.83 Å². The second-order valence-electron chi connectivity index (χ2n) is 3.98. The summed E-state index contributed by atoms with van der Waals surface area (Å²) >= 11 is 5.83. The highest BCUT2D eigenvalue weighted by atomic mass is 127. The molecule has 2 rings (SSSR count). The van der Waals surface area contributed by atoms with Crippen molar-refractivity contribution in [3.05, 3.63) is 68.8 Å². The molecule has 0 N–H and O–H groups in total. The lowest BCUT2D eigenvalue weighted by atomic mass is 10.0. The third kappa shape index (κ3) is 3.51. The van der Waals surface area contributed by atoms with E-state index in [4.69, 9.17) is 0 Å². The largest absolute Gasteiger partial charge is 0.204 e. The molecule has 2 aromatic carbocycles. The monoisotopic (exact) mass is 422 g/mol. The normalized spacial score (nSPS) is 12.4. The van der Waals surface area contributed by atoms with Gasteiger partial charge in [0.1, 0.15) is 0 Å². The van der Waals surface area contributed by atoms with E-state index < -0.39 is 11.6 Å². The van der Waals surface area contributed by atoms with E-state index in [1.165, 1.54) is 12.1 Å². The first-order valence-corrected chi connectivity index (χ1v) is 7.39. The van der Waals surface area contributed by atoms with Gasteiger partial charge in [-0.1, -0.05) is 34.1 Å². The Labute approximate surface area is 127 Å². The lowest BCUT2D eigenvalue weighted by Gasteiger charge is -2.11. The van der Waals surface area contributed by atoms with Gasteiger partial charge in [-0.25, -0.2) is 8.78 Å². The van der Waals surface area contributed by atoms with E-state index >= 15 is 0 Å². The van der Waals surface area contributed by atoms with Gasteiger partial charge >= 0.3 is 0 Å². The molecule has 4 heteroatoms. The standard InChI is InChI=1S/C14H10BrF2I/c15-12(10-2-1-3-11(18)8-10)6-9-4-5-13(16)14(17)7-9/h1-5,7-8,12H,6H2. The average molecular weight is 423 g/mol. The van der Waals surface area contributed by atoms with Crippen LogP contribution in [-0.2, 0) is 6.42 Å². The Morgan fingerprint density at radius 2 is 1.83 bits per heavy atom. The molecule has 1 atom stereocenters. The van der Waals surface area contributed by atoms with Gasteiger partial charge in [-0.3, -0.25) is 0 Å². The van der Waals surface area contributed by atoms with Gasteiger partial charge in [0.15, 0.2) is 11.6 Å². The number of alkyl halides is 1. The van der Waals surface area contributed by atoms with Crippen molar-refractivity contribution < 1.29 is 8.78 Å². The third-order valence-corrected chi connectivity index (χ3v) is 4.13. The summed E-state index contributed by atoms with van der Waals surface area (Å²) < 4.78 is 27.1. The molecule has 0 radical (unpaired) electrons. The predicted molar refractivity (Wildman–Crippen MR) is 80.9 cm³/mol. The fourth-order valence-electron chi connectivity index (χ4n) is 1.69. The Kier molecular flexibility index (Phi) is 4.72. The van der Waals surface area contributed by atoms with Crippen molar-refractivity contribution in [2.45, 2.75) is 11.2 Å². The van der Waals surface area contributed by atoms with Crippen LogP contribution in [0.1, 0.15) is 16.0 Å². The maximum atomic E-state index is 13.1. The van der Waals surface area contributed by atoms with Crippen molar-refractivity contribution >= 4 is 38.5 Å². The van der Waals surface area contributed by atoms with Crippen molar-refractivity contribution in [2.24, 2.45) is 0 Å². The summed E-state index contributed by atoms with van der Waals surface area (Å²) in [6.45, 7) is 0. The van der Waals surface area contributed by atoms with Crippen molar-refractivity contribution in [1.29, 1.82) is 0 Å². The van der Waals surface area contributed by atoms with Crippen LogP contribution in [0.2, 0.25) is 0 Å². The summed E-state index contributed by atoms with van der Waals surface area (Å²) in [6, 6.07) is 12.1. The predicted octanol–water partition coefficient (Wildman–Crippen LogP) is 5.25. The van der Waals surface area contributed by atoms with Gasteiger partial charge in [-0.05, 0) is 64.4 Å². The molecule has 0 amide bonds. The first kappa shape index (κ1) is 13.9. The Morgan fingerprint density at radius 3 is 2.50 bits per heavy atom. The number of benzene rings is 2. The second kappa shape index (κ2) is 6.10. The van der Waals surface area contributed by atoms with Crippen LogP contribution in [0.4, 0.5) is 8.78 Å². The van der Waals surface area contributed by atoms with E-state index in [1.807, 2.05) is 18.2 Å². The zero-order chi connectivity index (χ0) is 13.1. The van der Waals surface area contributed by atoms with Crippen LogP contribution < -0.4 is 0 Å². The van der Waals surface area contributed by atoms with E-state index in [2.05, 4.69) is 44.6 Å².